The molecular weight excluding hydrogens is 1490 g/mol. The quantitative estimate of drug-likeness (QED) is 0.0323. The van der Waals surface area contributed by atoms with Gasteiger partial charge in [-0.25, -0.2) is 36.7 Å². The fourth-order valence-electron chi connectivity index (χ4n) is 15.1. The van der Waals surface area contributed by atoms with E-state index in [-0.39, 0.29) is 71.8 Å². The first-order chi connectivity index (χ1) is 52.3. The summed E-state index contributed by atoms with van der Waals surface area (Å²) in [5.74, 6) is -1.16. The zero-order valence-electron chi connectivity index (χ0n) is 65.1. The first-order valence-electron chi connectivity index (χ1n) is 38.0. The molecule has 590 valence electrons. The molecule has 0 radical (unpaired) electrons. The molecule has 0 aliphatic carbocycles. The molecule has 27 heteroatoms. The summed E-state index contributed by atoms with van der Waals surface area (Å²) < 4.78 is 78.9. The van der Waals surface area contributed by atoms with E-state index in [9.17, 15) is 36.7 Å². The lowest BCUT2D eigenvalue weighted by Gasteiger charge is -2.29. The zero-order chi connectivity index (χ0) is 80.2. The molecule has 0 unspecified atom stereocenters. The minimum Gasteiger partial charge on any atom is -0.444 e. The van der Waals surface area contributed by atoms with Crippen molar-refractivity contribution in [1.82, 2.24) is 39.5 Å². The van der Waals surface area contributed by atoms with Crippen LogP contribution < -0.4 is 10.9 Å². The van der Waals surface area contributed by atoms with Crippen molar-refractivity contribution in [2.45, 2.75) is 207 Å². The monoisotopic (exact) mass is 1590 g/mol. The maximum Gasteiger partial charge on any atom is 0.488 e. The number of hydrogen-bond donors (Lipinski definition) is 8. The number of ether oxygens (including phenoxy) is 4. The number of benzene rings is 6. The predicted molar refractivity (Wildman–Crippen MR) is 430 cm³/mol. The fourth-order valence-corrected chi connectivity index (χ4v) is 15.7. The highest BCUT2D eigenvalue weighted by molar-refractivity contribution is 9.10. The number of halogens is 5. The summed E-state index contributed by atoms with van der Waals surface area (Å²) in [6.07, 6.45) is 10.8. The number of fused-ring (bicyclic) bond motifs is 4. The molecule has 4 saturated heterocycles. The van der Waals surface area contributed by atoms with E-state index in [1.54, 1.807) is 24.3 Å². The van der Waals surface area contributed by atoms with Crippen LogP contribution in [0.2, 0.25) is 0 Å². The Bertz CT molecular complexity index is 4770. The van der Waals surface area contributed by atoms with E-state index in [0.717, 1.165) is 146 Å². The number of carbonyl (C=O) groups excluding carboxylic acids is 4. The lowest BCUT2D eigenvalue weighted by atomic mass is 9.75. The normalized spacial score (nSPS) is 17.4. The van der Waals surface area contributed by atoms with Crippen LogP contribution in [0.25, 0.3) is 66.1 Å². The highest BCUT2D eigenvalue weighted by Crippen LogP contribution is 2.40. The lowest BCUT2D eigenvalue weighted by Crippen LogP contribution is -2.40. The van der Waals surface area contributed by atoms with Crippen LogP contribution in [-0.2, 0) is 44.6 Å². The molecule has 4 atom stereocenters. The SMILES string of the molecule is CC(C)(C)OC(=O)N1CCC[C@H]1Cc1c(-c2ccc(-c3[nH]c4cc(F)ccc4c3C[C@@H]3CCCN3C(=O)OC(C)(C)C)cc2)[nH]c2cc(F)ccc12.CC(C)(C)OC(=O)N1CCC[C@H]1Cc1c(Br)[nH]c2cc(F)ccc12.CC(C)(C)OC(=O)N1CCC[C@H]1Cc1c[nH]c2cc(F)ccc12.OB(O)c1ccc(B(O)O)cc1. The average molecular weight is 1590 g/mol. The first-order valence-corrected chi connectivity index (χ1v) is 38.8. The highest BCUT2D eigenvalue weighted by Gasteiger charge is 2.38. The minimum absolute atomic E-state index is 0.0536. The van der Waals surface area contributed by atoms with E-state index in [2.05, 4.69) is 35.9 Å². The van der Waals surface area contributed by atoms with E-state index in [1.807, 2.05) is 133 Å². The van der Waals surface area contributed by atoms with Gasteiger partial charge in [0.25, 0.3) is 0 Å². The topological polar surface area (TPSA) is 262 Å². The second-order valence-corrected chi connectivity index (χ2v) is 33.9. The Morgan fingerprint density at radius 3 is 1.02 bits per heavy atom. The Hall–Kier alpha value is -9.27. The van der Waals surface area contributed by atoms with E-state index >= 15 is 0 Å². The lowest BCUT2D eigenvalue weighted by molar-refractivity contribution is 0.0215. The van der Waals surface area contributed by atoms with Crippen LogP contribution in [-0.4, -0.2) is 171 Å². The number of H-pyrrole nitrogens is 4. The minimum atomic E-state index is -1.52. The van der Waals surface area contributed by atoms with Gasteiger partial charge in [0, 0.05) is 112 Å². The largest absolute Gasteiger partial charge is 0.488 e. The van der Waals surface area contributed by atoms with Crippen molar-refractivity contribution in [2.24, 2.45) is 0 Å². The molecule has 111 heavy (non-hydrogen) atoms. The van der Waals surface area contributed by atoms with Crippen molar-refractivity contribution in [3.05, 3.63) is 178 Å². The molecule has 0 spiro atoms. The third-order valence-corrected chi connectivity index (χ3v) is 20.7. The Labute approximate surface area is 654 Å². The number of nitrogens with one attached hydrogen (secondary N) is 4. The molecule has 0 bridgehead atoms. The highest BCUT2D eigenvalue weighted by atomic mass is 79.9. The van der Waals surface area contributed by atoms with Gasteiger partial charge in [-0.1, -0.05) is 48.5 Å². The number of nitrogens with zero attached hydrogens (tertiary/aromatic N) is 4. The molecule has 8 N–H and O–H groups in total. The number of aromatic amines is 4. The molecule has 20 nitrogen and oxygen atoms in total. The number of carbonyl (C=O) groups is 4. The first kappa shape index (κ1) is 82.7. The number of likely N-dealkylation sites (tertiary alicyclic amines) is 4. The Morgan fingerprint density at radius 1 is 0.405 bits per heavy atom. The van der Waals surface area contributed by atoms with Gasteiger partial charge in [-0.3, -0.25) is 0 Å². The second kappa shape index (κ2) is 34.4. The van der Waals surface area contributed by atoms with Gasteiger partial charge >= 0.3 is 38.6 Å². The van der Waals surface area contributed by atoms with Crippen molar-refractivity contribution in [3.63, 3.8) is 0 Å². The summed E-state index contributed by atoms with van der Waals surface area (Å²) in [6, 6.07) is 33.0. The molecule has 0 saturated carbocycles. The van der Waals surface area contributed by atoms with E-state index in [0.29, 0.717) is 60.9 Å². The maximum atomic E-state index is 14.4. The van der Waals surface area contributed by atoms with Gasteiger partial charge in [0.05, 0.1) is 4.60 Å². The molecule has 4 aliphatic rings. The van der Waals surface area contributed by atoms with Gasteiger partial charge in [-0.15, -0.1) is 0 Å². The van der Waals surface area contributed by atoms with Gasteiger partial charge in [0.15, 0.2) is 0 Å². The van der Waals surface area contributed by atoms with Gasteiger partial charge in [-0.2, -0.15) is 0 Å². The van der Waals surface area contributed by atoms with E-state index < -0.39 is 36.6 Å². The molecule has 4 fully saturated rings. The number of rotatable bonds is 12. The summed E-state index contributed by atoms with van der Waals surface area (Å²) in [5.41, 5.74) is 9.25. The van der Waals surface area contributed by atoms with Crippen LogP contribution in [0.3, 0.4) is 0 Å². The Balaban J connectivity index is 0.000000170. The third-order valence-electron chi connectivity index (χ3n) is 20.1. The van der Waals surface area contributed by atoms with Crippen molar-refractivity contribution >= 4 is 109 Å². The third kappa shape index (κ3) is 21.1. The summed E-state index contributed by atoms with van der Waals surface area (Å²) in [5, 5.41) is 38.6. The van der Waals surface area contributed by atoms with E-state index in [4.69, 9.17) is 39.0 Å². The van der Waals surface area contributed by atoms with Crippen LogP contribution >= 0.6 is 15.9 Å². The van der Waals surface area contributed by atoms with Crippen molar-refractivity contribution in [3.8, 4) is 22.5 Å². The summed E-state index contributed by atoms with van der Waals surface area (Å²) in [4.78, 5) is 71.6. The van der Waals surface area contributed by atoms with Crippen LogP contribution in [0.5, 0.6) is 0 Å². The van der Waals surface area contributed by atoms with Gasteiger partial charge in [-0.05, 0) is 293 Å². The number of amides is 4. The smallest absolute Gasteiger partial charge is 0.444 e. The van der Waals surface area contributed by atoms with Gasteiger partial charge in [0.1, 0.15) is 45.7 Å². The molecule has 10 aromatic rings. The molecule has 8 heterocycles. The molecular formula is C84H101B2BrF4N8O12. The summed E-state index contributed by atoms with van der Waals surface area (Å²) in [7, 11) is -3.04. The average Bonchev–Trinajstić information content (AvgIpc) is 1.62. The second-order valence-electron chi connectivity index (χ2n) is 33.1. The Kier molecular flexibility index (Phi) is 25.6. The zero-order valence-corrected chi connectivity index (χ0v) is 66.7. The van der Waals surface area contributed by atoms with Crippen LogP contribution in [0.4, 0.5) is 36.7 Å². The predicted octanol–water partition coefficient (Wildman–Crippen LogP) is 16.5. The summed E-state index contributed by atoms with van der Waals surface area (Å²) in [6.45, 7) is 25.2. The molecule has 6 aromatic carbocycles. The summed E-state index contributed by atoms with van der Waals surface area (Å²) >= 11 is 3.53. The van der Waals surface area contributed by atoms with Crippen LogP contribution in [0.15, 0.2) is 132 Å². The van der Waals surface area contributed by atoms with Crippen LogP contribution in [0, 0.1) is 23.3 Å². The van der Waals surface area contributed by atoms with E-state index in [1.165, 1.54) is 72.8 Å². The molecule has 4 aliphatic heterocycles. The van der Waals surface area contributed by atoms with Gasteiger partial charge in [0.2, 0.25) is 0 Å². The van der Waals surface area contributed by atoms with Crippen molar-refractivity contribution in [1.29, 1.82) is 0 Å². The number of hydrogen-bond acceptors (Lipinski definition) is 12. The van der Waals surface area contributed by atoms with Crippen molar-refractivity contribution in [2.75, 3.05) is 26.2 Å². The number of aromatic nitrogens is 4. The molecule has 4 amide bonds. The molecule has 14 rings (SSSR count). The van der Waals surface area contributed by atoms with Crippen molar-refractivity contribution < 1.29 is 75.8 Å². The van der Waals surface area contributed by atoms with Gasteiger partial charge < -0.3 is 78.6 Å². The Morgan fingerprint density at radius 2 is 0.694 bits per heavy atom. The fraction of sp³-hybridized carbons (Fsp3) is 0.429. The van der Waals surface area contributed by atoms with Crippen LogP contribution in [0.1, 0.15) is 157 Å². The maximum absolute atomic E-state index is 14.4. The standard InChI is InChI=1S/C42H48F2N4O4.C18H22BrFN2O2.C18H23FN2O2.C6H8B2O4/c1-41(2,3)51-39(49)47-19-7-9-29(47)23-33-31-17-15-27(43)21-35(31)45-37(33)25-11-13-26(14-12-25)38-34(32-18-16-28(44)22-36(32)46-38)24-30-10-8-20-48(30)40(50)52-42(4,5)6;1-18(2,3)24-17(23)22-8-4-5-12(22)10-14-13-7-6-11(20)9-15(13)21-16(14)19;1-18(2,3)23-17(22)21-8-4-5-14(21)9-12-11-20-16-10-13(19)6-7-15(12)16;9-7(10)5-1-2-6(4-3-5)8(11)12/h11-18,21-22,29-30,45-46H,7-10,19-20,23-24H2,1-6H3;6-7,9,12,21H,4-5,8,10H2,1-3H3;6-7,10-11,14,20H,4-5,8-9H2,1-3H3;1-4,9-12H/t29-,30-;12-;14-;/m000./s1. The molecule has 4 aromatic heterocycles.